The van der Waals surface area contributed by atoms with Crippen molar-refractivity contribution in [2.45, 2.75) is 25.8 Å². The number of aromatic nitrogens is 1. The third-order valence-electron chi connectivity index (χ3n) is 3.70. The molecule has 0 aliphatic carbocycles. The van der Waals surface area contributed by atoms with E-state index in [0.717, 1.165) is 12.8 Å². The summed E-state index contributed by atoms with van der Waals surface area (Å²) in [6.07, 6.45) is 3.32. The molecule has 7 heteroatoms. The molecule has 0 spiro atoms. The van der Waals surface area contributed by atoms with Gasteiger partial charge in [-0.2, -0.15) is 17.4 Å². The van der Waals surface area contributed by atoms with Gasteiger partial charge in [-0.15, -0.1) is 0 Å². The zero-order chi connectivity index (χ0) is 14.6. The first kappa shape index (κ1) is 15.4. The third-order valence-corrected chi connectivity index (χ3v) is 5.40. The van der Waals surface area contributed by atoms with Crippen molar-refractivity contribution >= 4 is 10.2 Å². The maximum absolute atomic E-state index is 12.3. The van der Waals surface area contributed by atoms with Crippen LogP contribution in [0.3, 0.4) is 0 Å². The van der Waals surface area contributed by atoms with E-state index in [4.69, 9.17) is 5.73 Å². The molecule has 6 nitrogen and oxygen atoms in total. The molecule has 1 saturated heterocycles. The molecule has 1 aromatic rings. The number of nitrogens with two attached hydrogens (primary N) is 1. The minimum atomic E-state index is -3.46. The Bertz CT molecular complexity index is 512. The Balaban J connectivity index is 1.98. The molecule has 1 atom stereocenters. The first-order valence-corrected chi connectivity index (χ1v) is 8.35. The van der Waals surface area contributed by atoms with Crippen LogP contribution in [-0.4, -0.2) is 37.3 Å². The Morgan fingerprint density at radius 3 is 2.70 bits per heavy atom. The average molecular weight is 298 g/mol. The van der Waals surface area contributed by atoms with Crippen molar-refractivity contribution in [2.24, 2.45) is 11.7 Å². The van der Waals surface area contributed by atoms with Gasteiger partial charge in [0.25, 0.3) is 10.2 Å². The zero-order valence-corrected chi connectivity index (χ0v) is 12.5. The SMILES string of the molecule is CC(NS(=O)(=O)N1CCC(CN)CC1)c1ccccn1. The van der Waals surface area contributed by atoms with Crippen molar-refractivity contribution in [1.82, 2.24) is 14.0 Å². The number of nitrogens with one attached hydrogen (secondary N) is 1. The summed E-state index contributed by atoms with van der Waals surface area (Å²) in [5.74, 6) is 0.440. The molecular formula is C13H22N4O2S. The molecule has 1 aromatic heterocycles. The maximum atomic E-state index is 12.3. The Labute approximate surface area is 120 Å². The molecule has 0 radical (unpaired) electrons. The second kappa shape index (κ2) is 6.62. The number of hydrogen-bond acceptors (Lipinski definition) is 4. The lowest BCUT2D eigenvalue weighted by Gasteiger charge is -2.31. The molecule has 0 bridgehead atoms. The van der Waals surface area contributed by atoms with E-state index in [2.05, 4.69) is 9.71 Å². The third kappa shape index (κ3) is 3.76. The Morgan fingerprint density at radius 2 is 2.15 bits per heavy atom. The van der Waals surface area contributed by atoms with Gasteiger partial charge < -0.3 is 5.73 Å². The van der Waals surface area contributed by atoms with E-state index in [1.807, 2.05) is 18.2 Å². The molecule has 1 unspecified atom stereocenters. The van der Waals surface area contributed by atoms with Crippen LogP contribution in [0.5, 0.6) is 0 Å². The van der Waals surface area contributed by atoms with Crippen molar-refractivity contribution in [2.75, 3.05) is 19.6 Å². The van der Waals surface area contributed by atoms with Crippen LogP contribution in [-0.2, 0) is 10.2 Å². The molecule has 0 amide bonds. The van der Waals surface area contributed by atoms with Crippen LogP contribution in [0.25, 0.3) is 0 Å². The highest BCUT2D eigenvalue weighted by Crippen LogP contribution is 2.19. The van der Waals surface area contributed by atoms with Gasteiger partial charge in [0.2, 0.25) is 0 Å². The number of nitrogens with zero attached hydrogens (tertiary/aromatic N) is 2. The van der Waals surface area contributed by atoms with E-state index in [9.17, 15) is 8.42 Å². The molecule has 20 heavy (non-hydrogen) atoms. The molecule has 2 rings (SSSR count). The number of rotatable bonds is 5. The molecule has 0 saturated carbocycles. The minimum Gasteiger partial charge on any atom is -0.330 e. The highest BCUT2D eigenvalue weighted by Gasteiger charge is 2.28. The molecule has 2 heterocycles. The van der Waals surface area contributed by atoms with Gasteiger partial charge in [-0.3, -0.25) is 4.98 Å². The standard InChI is InChI=1S/C13H22N4O2S/c1-11(13-4-2-3-7-15-13)16-20(18,19)17-8-5-12(10-14)6-9-17/h2-4,7,11-12,16H,5-6,8-10,14H2,1H3. The highest BCUT2D eigenvalue weighted by molar-refractivity contribution is 7.87. The molecule has 3 N–H and O–H groups in total. The van der Waals surface area contributed by atoms with Gasteiger partial charge in [-0.1, -0.05) is 6.07 Å². The van der Waals surface area contributed by atoms with E-state index in [1.165, 1.54) is 4.31 Å². The second-order valence-corrected chi connectivity index (χ2v) is 6.88. The first-order chi connectivity index (χ1) is 9.53. The molecule has 0 aromatic carbocycles. The van der Waals surface area contributed by atoms with Gasteiger partial charge in [0, 0.05) is 19.3 Å². The van der Waals surface area contributed by atoms with Crippen molar-refractivity contribution in [3.8, 4) is 0 Å². The average Bonchev–Trinajstić information content (AvgIpc) is 2.48. The molecule has 1 aliphatic rings. The predicted octanol–water partition coefficient (Wildman–Crippen LogP) is 0.648. The van der Waals surface area contributed by atoms with E-state index < -0.39 is 10.2 Å². The normalized spacial score (nSPS) is 19.9. The number of pyridine rings is 1. The summed E-state index contributed by atoms with van der Waals surface area (Å²) >= 11 is 0. The monoisotopic (exact) mass is 298 g/mol. The Morgan fingerprint density at radius 1 is 1.45 bits per heavy atom. The predicted molar refractivity (Wildman–Crippen MR) is 78.1 cm³/mol. The fourth-order valence-corrected chi connectivity index (χ4v) is 3.78. The fourth-order valence-electron chi connectivity index (χ4n) is 2.38. The molecule has 1 aliphatic heterocycles. The molecule has 112 valence electrons. The Kier molecular flexibility index (Phi) is 5.09. The topological polar surface area (TPSA) is 88.3 Å². The second-order valence-electron chi connectivity index (χ2n) is 5.18. The van der Waals surface area contributed by atoms with Gasteiger partial charge in [-0.25, -0.2) is 0 Å². The van der Waals surface area contributed by atoms with Crippen molar-refractivity contribution in [1.29, 1.82) is 0 Å². The summed E-state index contributed by atoms with van der Waals surface area (Å²) in [4.78, 5) is 4.17. The van der Waals surface area contributed by atoms with Gasteiger partial charge in [0.05, 0.1) is 11.7 Å². The van der Waals surface area contributed by atoms with E-state index in [1.54, 1.807) is 13.1 Å². The maximum Gasteiger partial charge on any atom is 0.280 e. The summed E-state index contributed by atoms with van der Waals surface area (Å²) in [5.41, 5.74) is 6.34. The summed E-state index contributed by atoms with van der Waals surface area (Å²) < 4.78 is 28.8. The number of hydrogen-bond donors (Lipinski definition) is 2. The van der Waals surface area contributed by atoms with Crippen LogP contribution in [0.2, 0.25) is 0 Å². The van der Waals surface area contributed by atoms with E-state index >= 15 is 0 Å². The van der Waals surface area contributed by atoms with Crippen LogP contribution >= 0.6 is 0 Å². The van der Waals surface area contributed by atoms with Crippen LogP contribution in [0.4, 0.5) is 0 Å². The lowest BCUT2D eigenvalue weighted by molar-refractivity contribution is 0.274. The van der Waals surface area contributed by atoms with Crippen LogP contribution in [0.15, 0.2) is 24.4 Å². The summed E-state index contributed by atoms with van der Waals surface area (Å²) in [6.45, 7) is 3.50. The lowest BCUT2D eigenvalue weighted by atomic mass is 9.99. The van der Waals surface area contributed by atoms with Crippen LogP contribution < -0.4 is 10.5 Å². The van der Waals surface area contributed by atoms with Crippen LogP contribution in [0, 0.1) is 5.92 Å². The van der Waals surface area contributed by atoms with Crippen molar-refractivity contribution in [3.05, 3.63) is 30.1 Å². The van der Waals surface area contributed by atoms with Gasteiger partial charge in [0.1, 0.15) is 0 Å². The van der Waals surface area contributed by atoms with Crippen LogP contribution in [0.1, 0.15) is 31.5 Å². The summed E-state index contributed by atoms with van der Waals surface area (Å²) in [6, 6.07) is 5.13. The fraction of sp³-hybridized carbons (Fsp3) is 0.615. The summed E-state index contributed by atoms with van der Waals surface area (Å²) in [7, 11) is -3.46. The lowest BCUT2D eigenvalue weighted by Crippen LogP contribution is -2.46. The largest absolute Gasteiger partial charge is 0.330 e. The van der Waals surface area contributed by atoms with Gasteiger partial charge in [0.15, 0.2) is 0 Å². The summed E-state index contributed by atoms with van der Waals surface area (Å²) in [5, 5.41) is 0. The zero-order valence-electron chi connectivity index (χ0n) is 11.7. The van der Waals surface area contributed by atoms with Crippen molar-refractivity contribution < 1.29 is 8.42 Å². The number of piperidine rings is 1. The highest BCUT2D eigenvalue weighted by atomic mass is 32.2. The quantitative estimate of drug-likeness (QED) is 0.835. The Hall–Kier alpha value is -1.02. The first-order valence-electron chi connectivity index (χ1n) is 6.91. The smallest absolute Gasteiger partial charge is 0.280 e. The molecule has 1 fully saturated rings. The molecular weight excluding hydrogens is 276 g/mol. The van der Waals surface area contributed by atoms with Gasteiger partial charge in [-0.05, 0) is 44.4 Å². The van der Waals surface area contributed by atoms with E-state index in [-0.39, 0.29) is 6.04 Å². The minimum absolute atomic E-state index is 0.339. The van der Waals surface area contributed by atoms with Crippen molar-refractivity contribution in [3.63, 3.8) is 0 Å². The van der Waals surface area contributed by atoms with Gasteiger partial charge >= 0.3 is 0 Å². The van der Waals surface area contributed by atoms with E-state index in [0.29, 0.717) is 31.2 Å².